The van der Waals surface area contributed by atoms with E-state index < -0.39 is 0 Å². The van der Waals surface area contributed by atoms with Gasteiger partial charge in [0.2, 0.25) is 5.91 Å². The number of benzene rings is 1. The average Bonchev–Trinajstić information content (AvgIpc) is 3.46. The molecule has 1 atom stereocenters. The van der Waals surface area contributed by atoms with Gasteiger partial charge >= 0.3 is 0 Å². The van der Waals surface area contributed by atoms with Crippen LogP contribution < -0.4 is 14.8 Å². The lowest BCUT2D eigenvalue weighted by Crippen LogP contribution is -2.34. The number of thiazole rings is 1. The number of amides is 2. The zero-order valence-electron chi connectivity index (χ0n) is 17.6. The lowest BCUT2D eigenvalue weighted by Gasteiger charge is -2.24. The van der Waals surface area contributed by atoms with Crippen molar-refractivity contribution in [2.45, 2.75) is 31.9 Å². The Hall–Kier alpha value is -2.91. The van der Waals surface area contributed by atoms with E-state index in [4.69, 9.17) is 14.2 Å². The zero-order valence-corrected chi connectivity index (χ0v) is 18.4. The summed E-state index contributed by atoms with van der Waals surface area (Å²) >= 11 is 1.42. The van der Waals surface area contributed by atoms with Gasteiger partial charge in [-0.2, -0.15) is 0 Å². The molecule has 2 aromatic rings. The fraction of sp³-hybridized carbons (Fsp3) is 0.409. The molecule has 2 amide bonds. The minimum absolute atomic E-state index is 0.0706. The molecule has 1 fully saturated rings. The summed E-state index contributed by atoms with van der Waals surface area (Å²) in [4.78, 5) is 32.3. The summed E-state index contributed by atoms with van der Waals surface area (Å²) in [5.74, 6) is 1.04. The molecule has 1 saturated heterocycles. The minimum atomic E-state index is -0.388. The predicted octanol–water partition coefficient (Wildman–Crippen LogP) is 2.88. The first-order chi connectivity index (χ1) is 15.1. The fourth-order valence-electron chi connectivity index (χ4n) is 3.64. The Morgan fingerprint density at radius 2 is 2.13 bits per heavy atom. The highest BCUT2D eigenvalue weighted by molar-refractivity contribution is 7.15. The van der Waals surface area contributed by atoms with E-state index in [1.807, 2.05) is 12.1 Å². The largest absolute Gasteiger partial charge is 0.493 e. The van der Waals surface area contributed by atoms with Crippen LogP contribution in [0.2, 0.25) is 0 Å². The summed E-state index contributed by atoms with van der Waals surface area (Å²) in [7, 11) is 3.16. The molecular weight excluding hydrogens is 418 g/mol. The van der Waals surface area contributed by atoms with Crippen molar-refractivity contribution in [3.8, 4) is 11.5 Å². The van der Waals surface area contributed by atoms with Crippen molar-refractivity contribution >= 4 is 34.4 Å². The first-order valence-corrected chi connectivity index (χ1v) is 11.0. The second kappa shape index (κ2) is 9.49. The molecule has 2 aliphatic rings. The van der Waals surface area contributed by atoms with E-state index in [-0.39, 0.29) is 17.9 Å². The van der Waals surface area contributed by atoms with E-state index in [1.165, 1.54) is 11.3 Å². The highest BCUT2D eigenvalue weighted by Gasteiger charge is 2.27. The highest BCUT2D eigenvalue weighted by atomic mass is 32.1. The summed E-state index contributed by atoms with van der Waals surface area (Å²) < 4.78 is 16.0. The number of carbonyl (C=O) groups is 2. The number of carbonyl (C=O) groups excluding carboxylic acids is 2. The Morgan fingerprint density at radius 3 is 2.87 bits per heavy atom. The molecule has 0 spiro atoms. The van der Waals surface area contributed by atoms with Crippen LogP contribution in [0.3, 0.4) is 0 Å². The number of hydrogen-bond donors (Lipinski definition) is 1. The quantitative estimate of drug-likeness (QED) is 0.691. The molecule has 3 heterocycles. The third kappa shape index (κ3) is 4.88. The molecule has 1 unspecified atom stereocenters. The Labute approximate surface area is 184 Å². The van der Waals surface area contributed by atoms with E-state index in [1.54, 1.807) is 37.3 Å². The fourth-order valence-corrected chi connectivity index (χ4v) is 4.66. The Bertz CT molecular complexity index is 997. The van der Waals surface area contributed by atoms with E-state index in [9.17, 15) is 9.59 Å². The molecule has 4 rings (SSSR count). The molecule has 164 valence electrons. The molecule has 0 saturated carbocycles. The van der Waals surface area contributed by atoms with Crippen LogP contribution in [-0.4, -0.2) is 55.2 Å². The number of aromatic nitrogens is 1. The molecule has 0 aliphatic carbocycles. The molecule has 31 heavy (non-hydrogen) atoms. The highest BCUT2D eigenvalue weighted by Crippen LogP contribution is 2.30. The van der Waals surface area contributed by atoms with Gasteiger partial charge in [0.25, 0.3) is 5.91 Å². The van der Waals surface area contributed by atoms with Crippen LogP contribution in [0, 0.1) is 0 Å². The normalized spacial score (nSPS) is 18.1. The first kappa shape index (κ1) is 21.3. The number of rotatable bonds is 6. The summed E-state index contributed by atoms with van der Waals surface area (Å²) in [6.45, 7) is 1.70. The van der Waals surface area contributed by atoms with Crippen molar-refractivity contribution < 1.29 is 23.8 Å². The summed E-state index contributed by atoms with van der Waals surface area (Å²) in [6, 6.07) is 5.49. The van der Waals surface area contributed by atoms with E-state index in [2.05, 4.69) is 10.3 Å². The maximum Gasteiger partial charge on any atom is 0.255 e. The van der Waals surface area contributed by atoms with Crippen LogP contribution in [0.15, 0.2) is 24.3 Å². The molecule has 8 nitrogen and oxygen atoms in total. The zero-order chi connectivity index (χ0) is 21.8. The number of hydrogen-bond acceptors (Lipinski definition) is 7. The summed E-state index contributed by atoms with van der Waals surface area (Å²) in [6.07, 6.45) is 5.25. The van der Waals surface area contributed by atoms with Crippen LogP contribution in [0.4, 0.5) is 5.13 Å². The first-order valence-electron chi connectivity index (χ1n) is 10.2. The standard InChI is InChI=1S/C22H25N3O5S/c1-28-16-7-5-14(12-18(16)29-2)6-8-20(26)25-10-9-15-19(13-25)31-22(23-15)24-21(27)17-4-3-11-30-17/h5-8,12,17H,3-4,9-11,13H2,1-2H3,(H,23,24,27). The topological polar surface area (TPSA) is 90.0 Å². The number of nitrogens with one attached hydrogen (secondary N) is 1. The van der Waals surface area contributed by atoms with E-state index in [0.717, 1.165) is 29.0 Å². The van der Waals surface area contributed by atoms with Gasteiger partial charge in [-0.3, -0.25) is 14.9 Å². The van der Waals surface area contributed by atoms with Gasteiger partial charge in [-0.25, -0.2) is 4.98 Å². The third-order valence-corrected chi connectivity index (χ3v) is 6.32. The average molecular weight is 444 g/mol. The molecule has 1 N–H and O–H groups in total. The van der Waals surface area contributed by atoms with Crippen LogP contribution in [0.5, 0.6) is 11.5 Å². The van der Waals surface area contributed by atoms with E-state index in [0.29, 0.717) is 42.7 Å². The third-order valence-electron chi connectivity index (χ3n) is 5.32. The summed E-state index contributed by atoms with van der Waals surface area (Å²) in [5, 5.41) is 3.43. The number of anilines is 1. The van der Waals surface area contributed by atoms with Gasteiger partial charge in [0.15, 0.2) is 16.6 Å². The van der Waals surface area contributed by atoms with Crippen molar-refractivity contribution in [3.63, 3.8) is 0 Å². The Kier molecular flexibility index (Phi) is 6.53. The number of nitrogens with zero attached hydrogens (tertiary/aromatic N) is 2. The van der Waals surface area contributed by atoms with Crippen LogP contribution >= 0.6 is 11.3 Å². The smallest absolute Gasteiger partial charge is 0.255 e. The van der Waals surface area contributed by atoms with Gasteiger partial charge in [0, 0.05) is 30.5 Å². The molecule has 2 aliphatic heterocycles. The van der Waals surface area contributed by atoms with Gasteiger partial charge in [0.05, 0.1) is 26.5 Å². The molecule has 1 aromatic heterocycles. The Balaban J connectivity index is 1.38. The van der Waals surface area contributed by atoms with Crippen LogP contribution in [0.1, 0.15) is 29.0 Å². The van der Waals surface area contributed by atoms with Gasteiger partial charge in [-0.1, -0.05) is 17.4 Å². The van der Waals surface area contributed by atoms with Crippen molar-refractivity contribution in [2.75, 3.05) is 32.7 Å². The van der Waals surface area contributed by atoms with E-state index >= 15 is 0 Å². The maximum atomic E-state index is 12.7. The van der Waals surface area contributed by atoms with Crippen molar-refractivity contribution in [3.05, 3.63) is 40.4 Å². The Morgan fingerprint density at radius 1 is 1.29 bits per heavy atom. The molecule has 0 bridgehead atoms. The molecule has 9 heteroatoms. The number of methoxy groups -OCH3 is 2. The maximum absolute atomic E-state index is 12.7. The second-order valence-electron chi connectivity index (χ2n) is 7.34. The van der Waals surface area contributed by atoms with Gasteiger partial charge in [0.1, 0.15) is 6.10 Å². The van der Waals surface area contributed by atoms with Gasteiger partial charge in [-0.15, -0.1) is 0 Å². The van der Waals surface area contributed by atoms with Gasteiger partial charge < -0.3 is 19.1 Å². The summed E-state index contributed by atoms with van der Waals surface area (Å²) in [5.41, 5.74) is 1.79. The monoisotopic (exact) mass is 443 g/mol. The second-order valence-corrected chi connectivity index (χ2v) is 8.42. The SMILES string of the molecule is COc1ccc(C=CC(=O)N2CCc3nc(NC(=O)C4CCCO4)sc3C2)cc1OC. The van der Waals surface area contributed by atoms with Crippen molar-refractivity contribution in [1.82, 2.24) is 9.88 Å². The lowest BCUT2D eigenvalue weighted by atomic mass is 10.1. The number of ether oxygens (including phenoxy) is 3. The lowest BCUT2D eigenvalue weighted by molar-refractivity contribution is -0.127. The molecule has 1 aromatic carbocycles. The predicted molar refractivity (Wildman–Crippen MR) is 117 cm³/mol. The van der Waals surface area contributed by atoms with Crippen molar-refractivity contribution in [2.24, 2.45) is 0 Å². The molecule has 0 radical (unpaired) electrons. The van der Waals surface area contributed by atoms with Crippen LogP contribution in [-0.2, 0) is 27.3 Å². The van der Waals surface area contributed by atoms with Crippen molar-refractivity contribution in [1.29, 1.82) is 0 Å². The van der Waals surface area contributed by atoms with Crippen LogP contribution in [0.25, 0.3) is 6.08 Å². The molecular formula is C22H25N3O5S. The minimum Gasteiger partial charge on any atom is -0.493 e. The number of fused-ring (bicyclic) bond motifs is 1. The van der Waals surface area contributed by atoms with Gasteiger partial charge in [-0.05, 0) is 36.6 Å².